The molecule has 3 aromatic carbocycles. The fraction of sp³-hybridized carbons (Fsp3) is 0.147. The summed E-state index contributed by atoms with van der Waals surface area (Å²) in [6, 6.07) is 24.8. The Bertz CT molecular complexity index is 2080. The Morgan fingerprint density at radius 3 is 2.48 bits per heavy atom. The van der Waals surface area contributed by atoms with E-state index in [2.05, 4.69) is 0 Å². The van der Waals surface area contributed by atoms with E-state index in [1.165, 1.54) is 23.0 Å². The molecule has 0 N–H and O–H groups in total. The van der Waals surface area contributed by atoms with Gasteiger partial charge in [0, 0.05) is 22.2 Å². The molecule has 6 rings (SSSR count). The van der Waals surface area contributed by atoms with Crippen LogP contribution in [-0.4, -0.2) is 31.4 Å². The van der Waals surface area contributed by atoms with Crippen LogP contribution in [0.25, 0.3) is 23.1 Å². The second-order valence-electron chi connectivity index (χ2n) is 9.76. The van der Waals surface area contributed by atoms with Crippen LogP contribution in [0, 0.1) is 0 Å². The number of carbonyl (C=O) groups is 1. The summed E-state index contributed by atoms with van der Waals surface area (Å²) in [6.07, 6.45) is 1.68. The predicted molar refractivity (Wildman–Crippen MR) is 170 cm³/mol. The van der Waals surface area contributed by atoms with Gasteiger partial charge in [-0.3, -0.25) is 9.36 Å². The van der Waals surface area contributed by atoms with E-state index in [1.807, 2.05) is 54.6 Å². The average molecular weight is 627 g/mol. The van der Waals surface area contributed by atoms with Crippen molar-refractivity contribution in [2.75, 3.05) is 20.8 Å². The van der Waals surface area contributed by atoms with Crippen molar-refractivity contribution in [3.05, 3.63) is 132 Å². The maximum Gasteiger partial charge on any atom is 0.338 e. The van der Waals surface area contributed by atoms with Crippen LogP contribution in [-0.2, 0) is 9.53 Å². The molecule has 1 aliphatic heterocycles. The predicted octanol–water partition coefficient (Wildman–Crippen LogP) is 5.87. The number of esters is 1. The molecule has 0 radical (unpaired) electrons. The van der Waals surface area contributed by atoms with Crippen LogP contribution in [0.3, 0.4) is 0 Å². The highest BCUT2D eigenvalue weighted by Gasteiger charge is 2.35. The van der Waals surface area contributed by atoms with Gasteiger partial charge in [-0.25, -0.2) is 9.79 Å². The molecule has 2 aromatic heterocycles. The highest BCUT2D eigenvalue weighted by Crippen LogP contribution is 2.38. The molecule has 5 aromatic rings. The van der Waals surface area contributed by atoms with Crippen LogP contribution in [0.1, 0.15) is 29.9 Å². The van der Waals surface area contributed by atoms with E-state index >= 15 is 0 Å². The Hall–Kier alpha value is -4.86. The Morgan fingerprint density at radius 2 is 1.75 bits per heavy atom. The lowest BCUT2D eigenvalue weighted by atomic mass is 9.93. The van der Waals surface area contributed by atoms with E-state index < -0.39 is 12.0 Å². The van der Waals surface area contributed by atoms with Crippen LogP contribution < -0.4 is 24.4 Å². The molecule has 0 saturated carbocycles. The number of ether oxygens (including phenoxy) is 3. The van der Waals surface area contributed by atoms with Crippen LogP contribution in [0.2, 0.25) is 5.02 Å². The first-order valence-electron chi connectivity index (χ1n) is 13.8. The normalized spacial score (nSPS) is 14.6. The molecule has 0 bridgehead atoms. The zero-order valence-corrected chi connectivity index (χ0v) is 25.6. The first-order chi connectivity index (χ1) is 21.4. The Labute approximate surface area is 261 Å². The summed E-state index contributed by atoms with van der Waals surface area (Å²) in [5, 5.41) is 0.593. The highest BCUT2D eigenvalue weighted by atomic mass is 35.5. The molecule has 0 amide bonds. The van der Waals surface area contributed by atoms with Crippen molar-refractivity contribution in [1.82, 2.24) is 4.57 Å². The van der Waals surface area contributed by atoms with Gasteiger partial charge in [-0.2, -0.15) is 0 Å². The lowest BCUT2D eigenvalue weighted by Crippen LogP contribution is -2.40. The van der Waals surface area contributed by atoms with Gasteiger partial charge in [0.1, 0.15) is 11.5 Å². The molecule has 222 valence electrons. The quantitative estimate of drug-likeness (QED) is 0.200. The summed E-state index contributed by atoms with van der Waals surface area (Å²) in [4.78, 5) is 33.1. The minimum absolute atomic E-state index is 0.154. The largest absolute Gasteiger partial charge is 0.493 e. The Morgan fingerprint density at radius 1 is 0.977 bits per heavy atom. The number of carbonyl (C=O) groups excluding carboxylic acids is 1. The smallest absolute Gasteiger partial charge is 0.338 e. The van der Waals surface area contributed by atoms with Gasteiger partial charge in [-0.05, 0) is 48.9 Å². The van der Waals surface area contributed by atoms with Gasteiger partial charge < -0.3 is 18.6 Å². The van der Waals surface area contributed by atoms with E-state index in [0.717, 1.165) is 11.1 Å². The van der Waals surface area contributed by atoms with E-state index in [9.17, 15) is 9.59 Å². The van der Waals surface area contributed by atoms with E-state index in [4.69, 9.17) is 35.2 Å². The van der Waals surface area contributed by atoms with Gasteiger partial charge in [0.2, 0.25) is 0 Å². The molecule has 0 unspecified atom stereocenters. The van der Waals surface area contributed by atoms with Crippen molar-refractivity contribution in [2.24, 2.45) is 4.99 Å². The second kappa shape index (κ2) is 12.4. The van der Waals surface area contributed by atoms with E-state index in [-0.39, 0.29) is 17.7 Å². The number of rotatable bonds is 8. The molecule has 0 aliphatic carbocycles. The van der Waals surface area contributed by atoms with Crippen LogP contribution in [0.5, 0.6) is 11.5 Å². The van der Waals surface area contributed by atoms with Gasteiger partial charge in [-0.15, -0.1) is 0 Å². The minimum atomic E-state index is -0.860. The van der Waals surface area contributed by atoms with Crippen molar-refractivity contribution >= 4 is 40.7 Å². The molecule has 0 saturated heterocycles. The third-order valence-electron chi connectivity index (χ3n) is 7.11. The molecule has 1 atom stereocenters. The number of aromatic nitrogens is 1. The van der Waals surface area contributed by atoms with Gasteiger partial charge >= 0.3 is 5.97 Å². The summed E-state index contributed by atoms with van der Waals surface area (Å²) >= 11 is 7.38. The molecule has 44 heavy (non-hydrogen) atoms. The first kappa shape index (κ1) is 29.2. The number of benzene rings is 3. The highest BCUT2D eigenvalue weighted by molar-refractivity contribution is 7.07. The SMILES string of the molecule is CCOC(=O)C1=C(c2ccccc2)N=c2s/c(=C\c3ccc(-c4cccc(Cl)c4)o3)c(=O)n2[C@H]1c1ccc(OC)c(OC)c1. The minimum Gasteiger partial charge on any atom is -0.493 e. The maximum atomic E-state index is 14.2. The van der Waals surface area contributed by atoms with Crippen molar-refractivity contribution in [1.29, 1.82) is 0 Å². The summed E-state index contributed by atoms with van der Waals surface area (Å²) in [6.45, 7) is 1.89. The molecule has 10 heteroatoms. The molecule has 0 fully saturated rings. The number of hydrogen-bond donors (Lipinski definition) is 0. The summed E-state index contributed by atoms with van der Waals surface area (Å²) < 4.78 is 24.5. The zero-order chi connectivity index (χ0) is 30.8. The molecule has 0 spiro atoms. The fourth-order valence-corrected chi connectivity index (χ4v) is 6.31. The van der Waals surface area contributed by atoms with Crippen molar-refractivity contribution in [2.45, 2.75) is 13.0 Å². The monoisotopic (exact) mass is 626 g/mol. The number of methoxy groups -OCH3 is 2. The first-order valence-corrected chi connectivity index (χ1v) is 15.0. The van der Waals surface area contributed by atoms with Crippen LogP contribution >= 0.6 is 22.9 Å². The standard InChI is InChI=1S/C34H27ClN2O6S/c1-4-42-33(39)29-30(20-9-6-5-7-10-20)36-34-37(31(29)22-13-15-26(40-2)27(18-22)41-3)32(38)28(44-34)19-24-14-16-25(43-24)21-11-8-12-23(35)17-21/h5-19,31H,4H2,1-3H3/b28-19-/t31-/m0/s1. The summed E-state index contributed by atoms with van der Waals surface area (Å²) in [5.41, 5.74) is 2.50. The zero-order valence-electron chi connectivity index (χ0n) is 24.1. The Balaban J connectivity index is 1.58. The number of furan rings is 1. The topological polar surface area (TPSA) is 92.3 Å². The third kappa shape index (κ3) is 5.47. The van der Waals surface area contributed by atoms with Gasteiger partial charge in [0.25, 0.3) is 5.56 Å². The van der Waals surface area contributed by atoms with E-state index in [1.54, 1.807) is 50.4 Å². The maximum absolute atomic E-state index is 14.2. The number of nitrogens with zero attached hydrogens (tertiary/aromatic N) is 2. The van der Waals surface area contributed by atoms with Crippen LogP contribution in [0.15, 0.2) is 105 Å². The summed E-state index contributed by atoms with van der Waals surface area (Å²) in [7, 11) is 3.08. The number of hydrogen-bond acceptors (Lipinski definition) is 8. The molecule has 8 nitrogen and oxygen atoms in total. The second-order valence-corrected chi connectivity index (χ2v) is 11.2. The third-order valence-corrected chi connectivity index (χ3v) is 8.32. The lowest BCUT2D eigenvalue weighted by Gasteiger charge is -2.26. The number of thiazole rings is 1. The lowest BCUT2D eigenvalue weighted by molar-refractivity contribution is -0.138. The molecule has 1 aliphatic rings. The molecule has 3 heterocycles. The van der Waals surface area contributed by atoms with Crippen molar-refractivity contribution in [3.8, 4) is 22.8 Å². The van der Waals surface area contributed by atoms with Crippen molar-refractivity contribution < 1.29 is 23.4 Å². The Kier molecular flexibility index (Phi) is 8.23. The number of fused-ring (bicyclic) bond motifs is 1. The molecular formula is C34H27ClN2O6S. The average Bonchev–Trinajstić information content (AvgIpc) is 3.64. The molecular weight excluding hydrogens is 600 g/mol. The van der Waals surface area contributed by atoms with Gasteiger partial charge in [-0.1, -0.05) is 71.5 Å². The fourth-order valence-electron chi connectivity index (χ4n) is 5.14. The van der Waals surface area contributed by atoms with E-state index in [0.29, 0.717) is 48.6 Å². The van der Waals surface area contributed by atoms with Crippen LogP contribution in [0.4, 0.5) is 0 Å². The van der Waals surface area contributed by atoms with Crippen molar-refractivity contribution in [3.63, 3.8) is 0 Å². The van der Waals surface area contributed by atoms with Gasteiger partial charge in [0.15, 0.2) is 16.3 Å². The summed E-state index contributed by atoms with van der Waals surface area (Å²) in [5.74, 6) is 1.51. The number of halogens is 1. The van der Waals surface area contributed by atoms with Gasteiger partial charge in [0.05, 0.1) is 42.7 Å².